The van der Waals surface area contributed by atoms with Crippen LogP contribution in [-0.4, -0.2) is 35.9 Å². The van der Waals surface area contributed by atoms with E-state index in [2.05, 4.69) is 10.2 Å². The van der Waals surface area contributed by atoms with E-state index >= 15 is 0 Å². The predicted molar refractivity (Wildman–Crippen MR) is 86.7 cm³/mol. The zero-order valence-corrected chi connectivity index (χ0v) is 14.5. The molecule has 1 atom stereocenters. The van der Waals surface area contributed by atoms with Gasteiger partial charge >= 0.3 is 0 Å². The molecule has 7 heteroatoms. The van der Waals surface area contributed by atoms with Crippen molar-refractivity contribution in [3.05, 3.63) is 5.89 Å². The molecule has 1 aromatic rings. The first-order valence-electron chi connectivity index (χ1n) is 8.26. The van der Waals surface area contributed by atoms with Crippen LogP contribution in [0.15, 0.2) is 9.64 Å². The highest BCUT2D eigenvalue weighted by Gasteiger charge is 2.29. The third-order valence-corrected chi connectivity index (χ3v) is 7.54. The molecule has 2 fully saturated rings. The second-order valence-electron chi connectivity index (χ2n) is 6.60. The maximum absolute atomic E-state index is 11.5. The first-order valence-corrected chi connectivity index (χ1v) is 11.1. The summed E-state index contributed by atoms with van der Waals surface area (Å²) < 4.78 is 28.6. The van der Waals surface area contributed by atoms with Crippen LogP contribution < -0.4 is 0 Å². The van der Waals surface area contributed by atoms with Gasteiger partial charge in [-0.1, -0.05) is 37.4 Å². The number of hydrogen-bond donors (Lipinski definition) is 0. The van der Waals surface area contributed by atoms with Crippen LogP contribution in [0.1, 0.15) is 50.8 Å². The van der Waals surface area contributed by atoms with Crippen molar-refractivity contribution < 1.29 is 12.8 Å². The lowest BCUT2D eigenvalue weighted by Gasteiger charge is -2.11. The van der Waals surface area contributed by atoms with Crippen LogP contribution in [-0.2, 0) is 16.3 Å². The lowest BCUT2D eigenvalue weighted by molar-refractivity contribution is 0.388. The molecule has 0 bridgehead atoms. The van der Waals surface area contributed by atoms with Gasteiger partial charge in [-0.15, -0.1) is 10.2 Å². The Morgan fingerprint density at radius 2 is 1.82 bits per heavy atom. The Hall–Kier alpha value is -0.560. The molecule has 2 aliphatic rings. The van der Waals surface area contributed by atoms with Crippen LogP contribution in [0, 0.1) is 11.8 Å². The minimum absolute atomic E-state index is 0.144. The molecule has 1 aliphatic carbocycles. The van der Waals surface area contributed by atoms with Gasteiger partial charge in [0.25, 0.3) is 5.22 Å². The molecule has 0 amide bonds. The summed E-state index contributed by atoms with van der Waals surface area (Å²) in [7, 11) is -2.83. The van der Waals surface area contributed by atoms with E-state index in [1.807, 2.05) is 0 Å². The fraction of sp³-hybridized carbons (Fsp3) is 0.867. The van der Waals surface area contributed by atoms with Gasteiger partial charge in [0.2, 0.25) is 5.89 Å². The van der Waals surface area contributed by atoms with E-state index in [1.54, 1.807) is 11.8 Å². The summed E-state index contributed by atoms with van der Waals surface area (Å²) in [6.07, 6.45) is 9.37. The van der Waals surface area contributed by atoms with Crippen molar-refractivity contribution in [2.75, 3.05) is 17.3 Å². The molecule has 1 unspecified atom stereocenters. The van der Waals surface area contributed by atoms with E-state index in [4.69, 9.17) is 4.42 Å². The van der Waals surface area contributed by atoms with E-state index in [-0.39, 0.29) is 11.7 Å². The molecule has 1 saturated heterocycles. The van der Waals surface area contributed by atoms with Gasteiger partial charge in [-0.05, 0) is 31.1 Å². The monoisotopic (exact) mass is 344 g/mol. The Labute approximate surface area is 136 Å². The lowest BCUT2D eigenvalue weighted by Crippen LogP contribution is -2.07. The Kier molecular flexibility index (Phi) is 5.44. The van der Waals surface area contributed by atoms with Crippen molar-refractivity contribution in [1.29, 1.82) is 0 Å². The summed E-state index contributed by atoms with van der Waals surface area (Å²) in [5.41, 5.74) is 0. The van der Waals surface area contributed by atoms with Gasteiger partial charge in [-0.3, -0.25) is 0 Å². The molecule has 124 valence electrons. The summed E-state index contributed by atoms with van der Waals surface area (Å²) >= 11 is 1.66. The first-order chi connectivity index (χ1) is 10.6. The molecule has 0 radical (unpaired) electrons. The standard InChI is InChI=1S/C15H24N2O3S2/c18-22(19)8-7-13(11-22)9-14-16-17-15(20-14)21-10-12-5-3-1-2-4-6-12/h12-13H,1-11H2. The highest BCUT2D eigenvalue weighted by atomic mass is 32.2. The molecular weight excluding hydrogens is 320 g/mol. The normalized spacial score (nSPS) is 26.1. The number of sulfone groups is 1. The molecule has 1 saturated carbocycles. The van der Waals surface area contributed by atoms with Crippen molar-refractivity contribution >= 4 is 21.6 Å². The smallest absolute Gasteiger partial charge is 0.276 e. The highest BCUT2D eigenvalue weighted by molar-refractivity contribution is 7.99. The molecule has 22 heavy (non-hydrogen) atoms. The van der Waals surface area contributed by atoms with Crippen molar-refractivity contribution in [3.63, 3.8) is 0 Å². The average molecular weight is 345 g/mol. The Morgan fingerprint density at radius 3 is 2.50 bits per heavy atom. The first kappa shape index (κ1) is 16.3. The summed E-state index contributed by atoms with van der Waals surface area (Å²) in [5.74, 6) is 3.12. The molecule has 0 aromatic carbocycles. The number of aromatic nitrogens is 2. The van der Waals surface area contributed by atoms with E-state index < -0.39 is 9.84 Å². The third-order valence-electron chi connectivity index (χ3n) is 4.66. The molecule has 2 heterocycles. The summed E-state index contributed by atoms with van der Waals surface area (Å²) in [6, 6.07) is 0. The number of hydrogen-bond acceptors (Lipinski definition) is 6. The van der Waals surface area contributed by atoms with Gasteiger partial charge in [0, 0.05) is 12.2 Å². The van der Waals surface area contributed by atoms with Gasteiger partial charge in [-0.2, -0.15) is 0 Å². The van der Waals surface area contributed by atoms with Crippen molar-refractivity contribution in [1.82, 2.24) is 10.2 Å². The fourth-order valence-electron chi connectivity index (χ4n) is 3.38. The Balaban J connectivity index is 1.46. The zero-order chi connectivity index (χ0) is 15.4. The van der Waals surface area contributed by atoms with Gasteiger partial charge in [0.1, 0.15) is 0 Å². The van der Waals surface area contributed by atoms with Crippen LogP contribution in [0.25, 0.3) is 0 Å². The number of nitrogens with zero attached hydrogens (tertiary/aromatic N) is 2. The predicted octanol–water partition coefficient (Wildman–Crippen LogP) is 3.11. The van der Waals surface area contributed by atoms with Gasteiger partial charge in [-0.25, -0.2) is 8.42 Å². The topological polar surface area (TPSA) is 73.1 Å². The number of rotatable bonds is 5. The maximum atomic E-state index is 11.5. The second kappa shape index (κ2) is 7.34. The van der Waals surface area contributed by atoms with Gasteiger partial charge < -0.3 is 4.42 Å². The van der Waals surface area contributed by atoms with E-state index in [1.165, 1.54) is 38.5 Å². The van der Waals surface area contributed by atoms with Gasteiger partial charge in [0.15, 0.2) is 9.84 Å². The molecule has 5 nitrogen and oxygen atoms in total. The molecule has 1 aliphatic heterocycles. The summed E-state index contributed by atoms with van der Waals surface area (Å²) in [5, 5.41) is 8.82. The molecule has 0 spiro atoms. The quantitative estimate of drug-likeness (QED) is 0.603. The molecule has 1 aromatic heterocycles. The summed E-state index contributed by atoms with van der Waals surface area (Å²) in [6.45, 7) is 0. The minimum atomic E-state index is -2.83. The largest absolute Gasteiger partial charge is 0.416 e. The van der Waals surface area contributed by atoms with Crippen molar-refractivity contribution in [2.24, 2.45) is 11.8 Å². The maximum Gasteiger partial charge on any atom is 0.276 e. The van der Waals surface area contributed by atoms with Crippen LogP contribution in [0.5, 0.6) is 0 Å². The molecule has 0 N–H and O–H groups in total. The van der Waals surface area contributed by atoms with E-state index in [0.717, 1.165) is 18.1 Å². The number of thioether (sulfide) groups is 1. The zero-order valence-electron chi connectivity index (χ0n) is 12.9. The van der Waals surface area contributed by atoms with Crippen molar-refractivity contribution in [2.45, 2.75) is 56.6 Å². The average Bonchev–Trinajstić information content (AvgIpc) is 2.95. The fourth-order valence-corrected chi connectivity index (χ4v) is 6.21. The van der Waals surface area contributed by atoms with Crippen molar-refractivity contribution in [3.8, 4) is 0 Å². The second-order valence-corrected chi connectivity index (χ2v) is 9.80. The molecular formula is C15H24N2O3S2. The lowest BCUT2D eigenvalue weighted by atomic mass is 10.0. The van der Waals surface area contributed by atoms with Crippen LogP contribution in [0.2, 0.25) is 0 Å². The molecule has 3 rings (SSSR count). The van der Waals surface area contributed by atoms with Crippen LogP contribution in [0.3, 0.4) is 0 Å². The van der Waals surface area contributed by atoms with E-state index in [9.17, 15) is 8.42 Å². The van der Waals surface area contributed by atoms with Crippen LogP contribution >= 0.6 is 11.8 Å². The minimum Gasteiger partial charge on any atom is -0.416 e. The third kappa shape index (κ3) is 4.72. The van der Waals surface area contributed by atoms with Crippen LogP contribution in [0.4, 0.5) is 0 Å². The Morgan fingerprint density at radius 1 is 1.05 bits per heavy atom. The summed E-state index contributed by atoms with van der Waals surface area (Å²) in [4.78, 5) is 0. The Bertz CT molecular complexity index is 577. The highest BCUT2D eigenvalue weighted by Crippen LogP contribution is 2.29. The van der Waals surface area contributed by atoms with E-state index in [0.29, 0.717) is 23.3 Å². The SMILES string of the molecule is O=S1(=O)CCC(Cc2nnc(SCC3CCCCCC3)o2)C1. The van der Waals surface area contributed by atoms with Gasteiger partial charge in [0.05, 0.1) is 11.5 Å².